The topological polar surface area (TPSA) is 83.6 Å². The second kappa shape index (κ2) is 2.94. The Morgan fingerprint density at radius 2 is 2.10 bits per heavy atom. The van der Waals surface area contributed by atoms with E-state index in [-0.39, 0.29) is 6.42 Å². The maximum absolute atomic E-state index is 10.2. The van der Waals surface area contributed by atoms with E-state index >= 15 is 0 Å². The number of hydrogen-bond donors (Lipinski definition) is 2. The Morgan fingerprint density at radius 1 is 1.70 bits per heavy atom. The van der Waals surface area contributed by atoms with Gasteiger partial charge < -0.3 is 10.2 Å². The lowest BCUT2D eigenvalue weighted by Gasteiger charge is -2.20. The van der Waals surface area contributed by atoms with Crippen molar-refractivity contribution in [3.05, 3.63) is 10.1 Å². The highest BCUT2D eigenvalue weighted by Crippen LogP contribution is 2.16. The van der Waals surface area contributed by atoms with Gasteiger partial charge in [0.05, 0.1) is 0 Å². The predicted molar refractivity (Wildman–Crippen MR) is 33.9 cm³/mol. The Morgan fingerprint density at radius 3 is 2.10 bits per heavy atom. The molecule has 0 aromatic rings. The normalized spacial score (nSPS) is 16.9. The van der Waals surface area contributed by atoms with E-state index < -0.39 is 16.8 Å². The van der Waals surface area contributed by atoms with Crippen LogP contribution in [0.2, 0.25) is 0 Å². The fourth-order valence-corrected chi connectivity index (χ4v) is 0.406. The lowest BCUT2D eigenvalue weighted by molar-refractivity contribution is -0.591. The second-order valence-electron chi connectivity index (χ2n) is 2.34. The third kappa shape index (κ3) is 1.43. The summed E-state index contributed by atoms with van der Waals surface area (Å²) in [6.07, 6.45) is -1.80. The number of nitro groups is 1. The van der Waals surface area contributed by atoms with Crippen molar-refractivity contribution in [2.24, 2.45) is 0 Å². The summed E-state index contributed by atoms with van der Waals surface area (Å²) in [6.45, 7) is 2.72. The van der Waals surface area contributed by atoms with Crippen LogP contribution in [0.4, 0.5) is 0 Å². The number of aliphatic hydroxyl groups is 2. The van der Waals surface area contributed by atoms with Gasteiger partial charge in [0.2, 0.25) is 6.29 Å². The molecule has 5 heteroatoms. The molecule has 10 heavy (non-hydrogen) atoms. The minimum atomic E-state index is -1.90. The highest BCUT2D eigenvalue weighted by atomic mass is 16.6. The molecule has 0 spiro atoms. The van der Waals surface area contributed by atoms with Crippen LogP contribution < -0.4 is 0 Å². The van der Waals surface area contributed by atoms with Crippen LogP contribution in [0.15, 0.2) is 0 Å². The first-order valence-corrected chi connectivity index (χ1v) is 2.95. The number of hydrogen-bond acceptors (Lipinski definition) is 4. The average molecular weight is 149 g/mol. The van der Waals surface area contributed by atoms with Crippen LogP contribution in [0.25, 0.3) is 0 Å². The van der Waals surface area contributed by atoms with Gasteiger partial charge in [0, 0.05) is 18.3 Å². The zero-order chi connectivity index (χ0) is 8.36. The molecule has 0 rings (SSSR count). The van der Waals surface area contributed by atoms with Crippen LogP contribution in [0.5, 0.6) is 0 Å². The first kappa shape index (κ1) is 9.32. The van der Waals surface area contributed by atoms with Crippen molar-refractivity contribution in [2.45, 2.75) is 32.1 Å². The van der Waals surface area contributed by atoms with Crippen molar-refractivity contribution in [2.75, 3.05) is 0 Å². The molecule has 0 aromatic heterocycles. The summed E-state index contributed by atoms with van der Waals surface area (Å²) in [5, 5.41) is 27.3. The molecule has 0 saturated heterocycles. The standard InChI is InChI=1S/C5H11NO4/c1-3-5(2,4(7)8)6(9)10/h4,7-8H,3H2,1-2H3. The van der Waals surface area contributed by atoms with Gasteiger partial charge in [-0.1, -0.05) is 6.92 Å². The molecule has 5 nitrogen and oxygen atoms in total. The van der Waals surface area contributed by atoms with Crippen LogP contribution in [0, 0.1) is 10.1 Å². The van der Waals surface area contributed by atoms with Crippen molar-refractivity contribution in [3.8, 4) is 0 Å². The van der Waals surface area contributed by atoms with Crippen LogP contribution >= 0.6 is 0 Å². The summed E-state index contributed by atoms with van der Waals surface area (Å²) in [7, 11) is 0. The number of aliphatic hydroxyl groups excluding tert-OH is 1. The van der Waals surface area contributed by atoms with E-state index in [9.17, 15) is 10.1 Å². The molecule has 0 saturated carbocycles. The molecule has 1 unspecified atom stereocenters. The molecule has 0 aromatic carbocycles. The highest BCUT2D eigenvalue weighted by molar-refractivity contribution is 4.73. The predicted octanol–water partition coefficient (Wildman–Crippen LogP) is -0.258. The zero-order valence-corrected chi connectivity index (χ0v) is 5.94. The van der Waals surface area contributed by atoms with Crippen molar-refractivity contribution < 1.29 is 15.1 Å². The third-order valence-electron chi connectivity index (χ3n) is 1.69. The molecule has 0 fully saturated rings. The van der Waals surface area contributed by atoms with Gasteiger partial charge >= 0.3 is 0 Å². The van der Waals surface area contributed by atoms with E-state index in [0.29, 0.717) is 0 Å². The lowest BCUT2D eigenvalue weighted by atomic mass is 10.00. The van der Waals surface area contributed by atoms with E-state index in [0.717, 1.165) is 0 Å². The molecule has 1 atom stereocenters. The SMILES string of the molecule is CCC(C)(C(O)O)[N+](=O)[O-]. The van der Waals surface area contributed by atoms with Gasteiger partial charge in [0.25, 0.3) is 5.54 Å². The molecule has 0 heterocycles. The Bertz CT molecular complexity index is 136. The zero-order valence-electron chi connectivity index (χ0n) is 5.94. The van der Waals surface area contributed by atoms with Gasteiger partial charge in [-0.05, 0) is 0 Å². The summed E-state index contributed by atoms with van der Waals surface area (Å²) < 4.78 is 0. The van der Waals surface area contributed by atoms with E-state index in [4.69, 9.17) is 10.2 Å². The summed E-state index contributed by atoms with van der Waals surface area (Å²) >= 11 is 0. The third-order valence-corrected chi connectivity index (χ3v) is 1.69. The van der Waals surface area contributed by atoms with Gasteiger partial charge in [-0.15, -0.1) is 0 Å². The van der Waals surface area contributed by atoms with Gasteiger partial charge in [0.15, 0.2) is 0 Å². The minimum absolute atomic E-state index is 0.0949. The molecule has 0 aliphatic rings. The fourth-order valence-electron chi connectivity index (χ4n) is 0.406. The lowest BCUT2D eigenvalue weighted by Crippen LogP contribution is -2.45. The summed E-state index contributed by atoms with van der Waals surface area (Å²) in [5.74, 6) is 0. The fraction of sp³-hybridized carbons (Fsp3) is 1.00. The smallest absolute Gasteiger partial charge is 0.268 e. The molecule has 0 bridgehead atoms. The van der Waals surface area contributed by atoms with E-state index in [1.807, 2.05) is 0 Å². The Hall–Kier alpha value is -0.680. The summed E-state index contributed by atoms with van der Waals surface area (Å²) in [4.78, 5) is 9.50. The Labute approximate surface area is 58.4 Å². The highest BCUT2D eigenvalue weighted by Gasteiger charge is 2.42. The van der Waals surface area contributed by atoms with Gasteiger partial charge in [-0.2, -0.15) is 0 Å². The first-order chi connectivity index (χ1) is 4.45. The van der Waals surface area contributed by atoms with Gasteiger partial charge in [-0.25, -0.2) is 0 Å². The van der Waals surface area contributed by atoms with E-state index in [1.165, 1.54) is 13.8 Å². The molecule has 0 radical (unpaired) electrons. The quantitative estimate of drug-likeness (QED) is 0.329. The Balaban J connectivity index is 4.38. The van der Waals surface area contributed by atoms with Crippen molar-refractivity contribution in [1.29, 1.82) is 0 Å². The largest absolute Gasteiger partial charge is 0.362 e. The Kier molecular flexibility index (Phi) is 2.74. The van der Waals surface area contributed by atoms with E-state index in [1.54, 1.807) is 0 Å². The number of nitrogens with zero attached hydrogens (tertiary/aromatic N) is 1. The van der Waals surface area contributed by atoms with Crippen molar-refractivity contribution in [3.63, 3.8) is 0 Å². The molecule has 0 amide bonds. The van der Waals surface area contributed by atoms with Crippen molar-refractivity contribution in [1.82, 2.24) is 0 Å². The van der Waals surface area contributed by atoms with Crippen molar-refractivity contribution >= 4 is 0 Å². The summed E-state index contributed by atoms with van der Waals surface area (Å²) in [6, 6.07) is 0. The maximum Gasteiger partial charge on any atom is 0.268 e. The molecular formula is C5H11NO4. The van der Waals surface area contributed by atoms with Crippen LogP contribution in [0.3, 0.4) is 0 Å². The number of rotatable bonds is 3. The molecule has 0 aliphatic heterocycles. The maximum atomic E-state index is 10.2. The average Bonchev–Trinajstić information content (AvgIpc) is 1.85. The molecule has 0 aliphatic carbocycles. The summed E-state index contributed by atoms with van der Waals surface area (Å²) in [5.41, 5.74) is -1.62. The monoisotopic (exact) mass is 149 g/mol. The first-order valence-electron chi connectivity index (χ1n) is 2.95. The molecule has 2 N–H and O–H groups in total. The molecular weight excluding hydrogens is 138 g/mol. The van der Waals surface area contributed by atoms with Gasteiger partial charge in [0.1, 0.15) is 0 Å². The van der Waals surface area contributed by atoms with Gasteiger partial charge in [-0.3, -0.25) is 10.1 Å². The van der Waals surface area contributed by atoms with Crippen LogP contribution in [0.1, 0.15) is 20.3 Å². The van der Waals surface area contributed by atoms with E-state index in [2.05, 4.69) is 0 Å². The minimum Gasteiger partial charge on any atom is -0.362 e. The van der Waals surface area contributed by atoms with Crippen LogP contribution in [-0.2, 0) is 0 Å². The second-order valence-corrected chi connectivity index (χ2v) is 2.34. The van der Waals surface area contributed by atoms with Crippen LogP contribution in [-0.4, -0.2) is 27.0 Å². The molecule has 60 valence electrons.